The fraction of sp³-hybridized carbons (Fsp3) is 0.500. The number of aliphatic carboxylic acids is 1. The second-order valence-corrected chi connectivity index (χ2v) is 6.74. The van der Waals surface area contributed by atoms with Gasteiger partial charge in [-0.25, -0.2) is 4.79 Å². The molecule has 0 spiro atoms. The molecule has 2 amide bonds. The molecule has 2 atom stereocenters. The van der Waals surface area contributed by atoms with Crippen molar-refractivity contribution in [2.24, 2.45) is 0 Å². The van der Waals surface area contributed by atoms with Crippen molar-refractivity contribution in [3.05, 3.63) is 35.9 Å². The highest BCUT2D eigenvalue weighted by atomic mass is 16.6. The molecule has 0 saturated carbocycles. The number of alkyl carbamates (subject to hydrolysis) is 1. The highest BCUT2D eigenvalue weighted by molar-refractivity contribution is 5.88. The van der Waals surface area contributed by atoms with Crippen molar-refractivity contribution in [3.8, 4) is 0 Å². The van der Waals surface area contributed by atoms with Gasteiger partial charge in [-0.1, -0.05) is 30.3 Å². The predicted octanol–water partition coefficient (Wildman–Crippen LogP) is 1.69. The first-order valence-corrected chi connectivity index (χ1v) is 8.23. The van der Waals surface area contributed by atoms with Crippen molar-refractivity contribution in [3.63, 3.8) is 0 Å². The summed E-state index contributed by atoms with van der Waals surface area (Å²) in [5.74, 6) is -1.86. The monoisotopic (exact) mass is 366 g/mol. The highest BCUT2D eigenvalue weighted by Gasteiger charge is 2.30. The summed E-state index contributed by atoms with van der Waals surface area (Å²) in [4.78, 5) is 34.9. The van der Waals surface area contributed by atoms with E-state index in [1.165, 1.54) is 0 Å². The first-order valence-electron chi connectivity index (χ1n) is 8.23. The Hall–Kier alpha value is -2.61. The van der Waals surface area contributed by atoms with Gasteiger partial charge in [0.1, 0.15) is 18.2 Å². The number of benzene rings is 1. The van der Waals surface area contributed by atoms with E-state index in [1.807, 2.05) is 30.3 Å². The highest BCUT2D eigenvalue weighted by Crippen LogP contribution is 2.10. The lowest BCUT2D eigenvalue weighted by Crippen LogP contribution is -2.54. The number of amides is 2. The Labute approximate surface area is 152 Å². The molecule has 0 unspecified atom stereocenters. The molecule has 26 heavy (non-hydrogen) atoms. The van der Waals surface area contributed by atoms with Crippen LogP contribution in [0.4, 0.5) is 4.79 Å². The van der Waals surface area contributed by atoms with Crippen LogP contribution in [0.3, 0.4) is 0 Å². The fourth-order valence-electron chi connectivity index (χ4n) is 2.00. The van der Waals surface area contributed by atoms with Gasteiger partial charge in [0, 0.05) is 0 Å². The number of ether oxygens (including phenoxy) is 2. The third kappa shape index (κ3) is 8.48. The number of hydrogen-bond donors (Lipinski definition) is 3. The topological polar surface area (TPSA) is 114 Å². The SMILES string of the molecule is C[C@@H](OCc1ccccc1)[C@H](NC(=O)OC(C)(C)C)C(=O)NCC(=O)O. The van der Waals surface area contributed by atoms with E-state index in [2.05, 4.69) is 10.6 Å². The third-order valence-electron chi connectivity index (χ3n) is 3.19. The van der Waals surface area contributed by atoms with Gasteiger partial charge < -0.3 is 25.2 Å². The molecule has 0 aliphatic carbocycles. The number of hydrogen-bond acceptors (Lipinski definition) is 5. The molecule has 1 aromatic rings. The van der Waals surface area contributed by atoms with Crippen LogP contribution in [0.5, 0.6) is 0 Å². The number of carboxylic acids is 1. The Morgan fingerprint density at radius 2 is 1.77 bits per heavy atom. The smallest absolute Gasteiger partial charge is 0.408 e. The van der Waals surface area contributed by atoms with Crippen molar-refractivity contribution in [2.45, 2.75) is 52.0 Å². The van der Waals surface area contributed by atoms with E-state index in [0.29, 0.717) is 0 Å². The van der Waals surface area contributed by atoms with Gasteiger partial charge in [0.05, 0.1) is 12.7 Å². The van der Waals surface area contributed by atoms with Gasteiger partial charge in [0.25, 0.3) is 0 Å². The molecule has 0 saturated heterocycles. The minimum atomic E-state index is -1.19. The summed E-state index contributed by atoms with van der Waals surface area (Å²) in [6, 6.07) is 8.23. The molecule has 1 aromatic carbocycles. The zero-order chi connectivity index (χ0) is 19.7. The van der Waals surface area contributed by atoms with Crippen LogP contribution in [0, 0.1) is 0 Å². The van der Waals surface area contributed by atoms with E-state index < -0.39 is 42.3 Å². The minimum absolute atomic E-state index is 0.237. The van der Waals surface area contributed by atoms with Gasteiger partial charge in [-0.15, -0.1) is 0 Å². The third-order valence-corrected chi connectivity index (χ3v) is 3.19. The van der Waals surface area contributed by atoms with Crippen LogP contribution in [-0.4, -0.2) is 47.4 Å². The molecule has 8 heteroatoms. The fourth-order valence-corrected chi connectivity index (χ4v) is 2.00. The molecule has 0 aliphatic heterocycles. The van der Waals surface area contributed by atoms with Crippen LogP contribution in [0.2, 0.25) is 0 Å². The Bertz CT molecular complexity index is 612. The van der Waals surface area contributed by atoms with Crippen LogP contribution < -0.4 is 10.6 Å². The summed E-state index contributed by atoms with van der Waals surface area (Å²) < 4.78 is 10.8. The maximum atomic E-state index is 12.3. The molecule has 0 radical (unpaired) electrons. The standard InChI is InChI=1S/C18H26N2O6/c1-12(25-11-13-8-6-5-7-9-13)15(16(23)19-10-14(21)22)20-17(24)26-18(2,3)4/h5-9,12,15H,10-11H2,1-4H3,(H,19,23)(H,20,24)(H,21,22)/t12-,15+/m1/s1. The van der Waals surface area contributed by atoms with Crippen molar-refractivity contribution < 1.29 is 29.0 Å². The molecule has 0 aliphatic rings. The molecular weight excluding hydrogens is 340 g/mol. The summed E-state index contributed by atoms with van der Waals surface area (Å²) in [5, 5.41) is 13.4. The van der Waals surface area contributed by atoms with E-state index in [9.17, 15) is 14.4 Å². The molecule has 0 fully saturated rings. The molecule has 0 aromatic heterocycles. The lowest BCUT2D eigenvalue weighted by atomic mass is 10.1. The largest absolute Gasteiger partial charge is 0.480 e. The summed E-state index contributed by atoms with van der Waals surface area (Å²) in [7, 11) is 0. The van der Waals surface area contributed by atoms with Gasteiger partial charge in [-0.3, -0.25) is 9.59 Å². The van der Waals surface area contributed by atoms with Gasteiger partial charge in [-0.2, -0.15) is 0 Å². The predicted molar refractivity (Wildman–Crippen MR) is 94.5 cm³/mol. The van der Waals surface area contributed by atoms with Crippen molar-refractivity contribution >= 4 is 18.0 Å². The van der Waals surface area contributed by atoms with Gasteiger partial charge >= 0.3 is 12.1 Å². The Balaban J connectivity index is 2.75. The van der Waals surface area contributed by atoms with Gasteiger partial charge in [-0.05, 0) is 33.3 Å². The van der Waals surface area contributed by atoms with E-state index in [4.69, 9.17) is 14.6 Å². The van der Waals surface area contributed by atoms with Crippen LogP contribution in [0.15, 0.2) is 30.3 Å². The summed E-state index contributed by atoms with van der Waals surface area (Å²) in [6.45, 7) is 6.38. The maximum absolute atomic E-state index is 12.3. The molecule has 144 valence electrons. The maximum Gasteiger partial charge on any atom is 0.408 e. The lowest BCUT2D eigenvalue weighted by Gasteiger charge is -2.26. The molecule has 8 nitrogen and oxygen atoms in total. The van der Waals surface area contributed by atoms with Crippen molar-refractivity contribution in [1.82, 2.24) is 10.6 Å². The van der Waals surface area contributed by atoms with Crippen LogP contribution >= 0.6 is 0 Å². The van der Waals surface area contributed by atoms with Crippen molar-refractivity contribution in [1.29, 1.82) is 0 Å². The van der Waals surface area contributed by atoms with Crippen molar-refractivity contribution in [2.75, 3.05) is 6.54 Å². The lowest BCUT2D eigenvalue weighted by molar-refractivity contribution is -0.139. The van der Waals surface area contributed by atoms with Gasteiger partial charge in [0.15, 0.2) is 0 Å². The van der Waals surface area contributed by atoms with E-state index in [1.54, 1.807) is 27.7 Å². The number of carbonyl (C=O) groups excluding carboxylic acids is 2. The number of rotatable bonds is 8. The summed E-state index contributed by atoms with van der Waals surface area (Å²) >= 11 is 0. The van der Waals surface area contributed by atoms with E-state index in [0.717, 1.165) is 5.56 Å². The van der Waals surface area contributed by atoms with E-state index >= 15 is 0 Å². The molecule has 3 N–H and O–H groups in total. The van der Waals surface area contributed by atoms with Crippen LogP contribution in [-0.2, 0) is 25.7 Å². The average Bonchev–Trinajstić information content (AvgIpc) is 2.54. The average molecular weight is 366 g/mol. The minimum Gasteiger partial charge on any atom is -0.480 e. The zero-order valence-corrected chi connectivity index (χ0v) is 15.4. The normalized spacial score (nSPS) is 13.4. The Morgan fingerprint density at radius 3 is 2.31 bits per heavy atom. The Morgan fingerprint density at radius 1 is 1.15 bits per heavy atom. The Kier molecular flexibility index (Phi) is 8.05. The molecule has 1 rings (SSSR count). The molecule has 0 bridgehead atoms. The second kappa shape index (κ2) is 9.76. The molecular formula is C18H26N2O6. The van der Waals surface area contributed by atoms with Crippen LogP contribution in [0.1, 0.15) is 33.3 Å². The zero-order valence-electron chi connectivity index (χ0n) is 15.4. The quantitative estimate of drug-likeness (QED) is 0.645. The first kappa shape index (κ1) is 21.4. The first-order chi connectivity index (χ1) is 12.1. The second-order valence-electron chi connectivity index (χ2n) is 6.74. The molecule has 0 heterocycles. The van der Waals surface area contributed by atoms with E-state index in [-0.39, 0.29) is 6.61 Å². The summed E-state index contributed by atoms with van der Waals surface area (Å²) in [6.07, 6.45) is -1.50. The number of carbonyl (C=O) groups is 3. The summed E-state index contributed by atoms with van der Waals surface area (Å²) in [5.41, 5.74) is 0.168. The number of carboxylic acid groups (broad SMARTS) is 1. The van der Waals surface area contributed by atoms with Gasteiger partial charge in [0.2, 0.25) is 5.91 Å². The van der Waals surface area contributed by atoms with Crippen LogP contribution in [0.25, 0.3) is 0 Å². The number of nitrogens with one attached hydrogen (secondary N) is 2.